The molecule has 1 aliphatic rings. The summed E-state index contributed by atoms with van der Waals surface area (Å²) >= 11 is 0. The Labute approximate surface area is 77.8 Å². The van der Waals surface area contributed by atoms with E-state index >= 15 is 0 Å². The Kier molecular flexibility index (Phi) is 2.29. The lowest BCUT2D eigenvalue weighted by molar-refractivity contribution is 0.101. The average molecular weight is 173 g/mol. The van der Waals surface area contributed by atoms with Crippen LogP contribution in [0.1, 0.15) is 18.1 Å². The highest BCUT2D eigenvalue weighted by molar-refractivity contribution is 5.20. The van der Waals surface area contributed by atoms with E-state index in [-0.39, 0.29) is 12.0 Å². The SMILES string of the molecule is N#C[C@@H]1CCO[C@H]1c1ccccc1. The predicted molar refractivity (Wildman–Crippen MR) is 48.9 cm³/mol. The molecule has 0 aromatic heterocycles. The zero-order valence-electron chi connectivity index (χ0n) is 7.31. The van der Waals surface area contributed by atoms with Crippen LogP contribution in [-0.4, -0.2) is 6.61 Å². The van der Waals surface area contributed by atoms with E-state index in [0.29, 0.717) is 6.61 Å². The van der Waals surface area contributed by atoms with Crippen LogP contribution in [-0.2, 0) is 4.74 Å². The summed E-state index contributed by atoms with van der Waals surface area (Å²) in [5, 5.41) is 8.87. The van der Waals surface area contributed by atoms with Gasteiger partial charge in [-0.2, -0.15) is 5.26 Å². The first-order valence-corrected chi connectivity index (χ1v) is 4.48. The van der Waals surface area contributed by atoms with Gasteiger partial charge in [-0.3, -0.25) is 0 Å². The van der Waals surface area contributed by atoms with Crippen molar-refractivity contribution in [3.63, 3.8) is 0 Å². The second-order valence-corrected chi connectivity index (χ2v) is 3.23. The van der Waals surface area contributed by atoms with E-state index in [1.807, 2.05) is 30.3 Å². The summed E-state index contributed by atoms with van der Waals surface area (Å²) in [6.45, 7) is 0.706. The third kappa shape index (κ3) is 1.56. The van der Waals surface area contributed by atoms with Gasteiger partial charge in [-0.1, -0.05) is 30.3 Å². The van der Waals surface area contributed by atoms with Gasteiger partial charge in [0.15, 0.2) is 0 Å². The molecule has 0 N–H and O–H groups in total. The Hall–Kier alpha value is -1.33. The molecule has 1 aliphatic heterocycles. The van der Waals surface area contributed by atoms with E-state index in [1.54, 1.807) is 0 Å². The van der Waals surface area contributed by atoms with E-state index in [9.17, 15) is 0 Å². The van der Waals surface area contributed by atoms with Crippen molar-refractivity contribution in [2.45, 2.75) is 12.5 Å². The number of nitrogens with zero attached hydrogens (tertiary/aromatic N) is 1. The van der Waals surface area contributed by atoms with E-state index < -0.39 is 0 Å². The van der Waals surface area contributed by atoms with Crippen molar-refractivity contribution in [3.8, 4) is 6.07 Å². The van der Waals surface area contributed by atoms with Crippen LogP contribution in [0.3, 0.4) is 0 Å². The molecule has 2 nitrogen and oxygen atoms in total. The molecule has 0 amide bonds. The molecule has 13 heavy (non-hydrogen) atoms. The normalized spacial score (nSPS) is 27.0. The molecule has 1 fully saturated rings. The lowest BCUT2D eigenvalue weighted by Gasteiger charge is -2.12. The van der Waals surface area contributed by atoms with Crippen molar-refractivity contribution < 1.29 is 4.74 Å². The standard InChI is InChI=1S/C11H11NO/c12-8-10-6-7-13-11(10)9-4-2-1-3-5-9/h1-5,10-11H,6-7H2/t10-,11-/m0/s1. The van der Waals surface area contributed by atoms with Crippen molar-refractivity contribution >= 4 is 0 Å². The van der Waals surface area contributed by atoms with E-state index in [4.69, 9.17) is 10.00 Å². The molecule has 1 saturated heterocycles. The first kappa shape index (κ1) is 8.28. The average Bonchev–Trinajstić information content (AvgIpc) is 2.67. The number of hydrogen-bond acceptors (Lipinski definition) is 2. The molecular formula is C11H11NO. The zero-order chi connectivity index (χ0) is 9.10. The van der Waals surface area contributed by atoms with Crippen molar-refractivity contribution in [1.29, 1.82) is 5.26 Å². The Morgan fingerprint density at radius 3 is 2.77 bits per heavy atom. The van der Waals surface area contributed by atoms with Crippen LogP contribution in [0, 0.1) is 17.2 Å². The van der Waals surface area contributed by atoms with Crippen LogP contribution in [0.15, 0.2) is 30.3 Å². The molecule has 1 aromatic carbocycles. The van der Waals surface area contributed by atoms with Crippen molar-refractivity contribution in [2.75, 3.05) is 6.61 Å². The molecule has 0 saturated carbocycles. The summed E-state index contributed by atoms with van der Waals surface area (Å²) in [4.78, 5) is 0. The fourth-order valence-electron chi connectivity index (χ4n) is 1.69. The second-order valence-electron chi connectivity index (χ2n) is 3.23. The Morgan fingerprint density at radius 2 is 2.08 bits per heavy atom. The molecule has 0 bridgehead atoms. The van der Waals surface area contributed by atoms with Gasteiger partial charge in [0.2, 0.25) is 0 Å². The summed E-state index contributed by atoms with van der Waals surface area (Å²) in [7, 11) is 0. The minimum Gasteiger partial charge on any atom is -0.372 e. The monoisotopic (exact) mass is 173 g/mol. The van der Waals surface area contributed by atoms with Gasteiger partial charge < -0.3 is 4.74 Å². The fourth-order valence-corrected chi connectivity index (χ4v) is 1.69. The van der Waals surface area contributed by atoms with Crippen LogP contribution < -0.4 is 0 Å². The third-order valence-corrected chi connectivity index (χ3v) is 2.39. The maximum absolute atomic E-state index is 8.87. The number of rotatable bonds is 1. The van der Waals surface area contributed by atoms with Crippen LogP contribution in [0.2, 0.25) is 0 Å². The van der Waals surface area contributed by atoms with Crippen molar-refractivity contribution in [3.05, 3.63) is 35.9 Å². The smallest absolute Gasteiger partial charge is 0.0983 e. The molecule has 0 unspecified atom stereocenters. The second kappa shape index (κ2) is 3.59. The third-order valence-electron chi connectivity index (χ3n) is 2.39. The van der Waals surface area contributed by atoms with E-state index in [1.165, 1.54) is 0 Å². The fraction of sp³-hybridized carbons (Fsp3) is 0.364. The maximum Gasteiger partial charge on any atom is 0.0983 e. The molecule has 0 aliphatic carbocycles. The summed E-state index contributed by atoms with van der Waals surface area (Å²) in [5.74, 6) is 0.0300. The highest BCUT2D eigenvalue weighted by Crippen LogP contribution is 2.33. The van der Waals surface area contributed by atoms with Gasteiger partial charge in [-0.25, -0.2) is 0 Å². The van der Waals surface area contributed by atoms with E-state index in [2.05, 4.69) is 6.07 Å². The number of ether oxygens (including phenoxy) is 1. The van der Waals surface area contributed by atoms with Crippen LogP contribution in [0.5, 0.6) is 0 Å². The molecular weight excluding hydrogens is 162 g/mol. The lowest BCUT2D eigenvalue weighted by Crippen LogP contribution is -2.04. The largest absolute Gasteiger partial charge is 0.372 e. The summed E-state index contributed by atoms with van der Waals surface area (Å²) in [6.07, 6.45) is 0.849. The number of benzene rings is 1. The van der Waals surface area contributed by atoms with Gasteiger partial charge in [0.25, 0.3) is 0 Å². The highest BCUT2D eigenvalue weighted by atomic mass is 16.5. The Bertz CT molecular complexity index is 315. The molecule has 66 valence electrons. The minimum atomic E-state index is -0.00815. The molecule has 1 heterocycles. The van der Waals surface area contributed by atoms with Gasteiger partial charge in [0.1, 0.15) is 0 Å². The predicted octanol–water partition coefficient (Wildman–Crippen LogP) is 2.29. The number of nitriles is 1. The van der Waals surface area contributed by atoms with Crippen LogP contribution >= 0.6 is 0 Å². The zero-order valence-corrected chi connectivity index (χ0v) is 7.31. The number of hydrogen-bond donors (Lipinski definition) is 0. The first-order chi connectivity index (χ1) is 6.42. The van der Waals surface area contributed by atoms with Gasteiger partial charge >= 0.3 is 0 Å². The minimum absolute atomic E-state index is 0.00815. The van der Waals surface area contributed by atoms with Crippen LogP contribution in [0.4, 0.5) is 0 Å². The first-order valence-electron chi connectivity index (χ1n) is 4.48. The van der Waals surface area contributed by atoms with Gasteiger partial charge in [-0.05, 0) is 12.0 Å². The van der Waals surface area contributed by atoms with Crippen molar-refractivity contribution in [2.24, 2.45) is 5.92 Å². The quantitative estimate of drug-likeness (QED) is 0.652. The molecule has 1 aromatic rings. The molecule has 2 rings (SSSR count). The Balaban J connectivity index is 2.22. The molecule has 0 radical (unpaired) electrons. The van der Waals surface area contributed by atoms with Crippen LogP contribution in [0.25, 0.3) is 0 Å². The molecule has 0 spiro atoms. The van der Waals surface area contributed by atoms with E-state index in [0.717, 1.165) is 12.0 Å². The summed E-state index contributed by atoms with van der Waals surface area (Å²) in [5.41, 5.74) is 1.12. The molecule has 2 atom stereocenters. The van der Waals surface area contributed by atoms with Crippen molar-refractivity contribution in [1.82, 2.24) is 0 Å². The maximum atomic E-state index is 8.87. The lowest BCUT2D eigenvalue weighted by atomic mass is 9.97. The molecule has 2 heteroatoms. The Morgan fingerprint density at radius 1 is 1.31 bits per heavy atom. The topological polar surface area (TPSA) is 33.0 Å². The highest BCUT2D eigenvalue weighted by Gasteiger charge is 2.29. The summed E-state index contributed by atoms with van der Waals surface area (Å²) in [6, 6.07) is 12.2. The summed E-state index contributed by atoms with van der Waals surface area (Å²) < 4.78 is 5.52. The van der Waals surface area contributed by atoms with Gasteiger partial charge in [-0.15, -0.1) is 0 Å². The van der Waals surface area contributed by atoms with Gasteiger partial charge in [0, 0.05) is 6.61 Å². The van der Waals surface area contributed by atoms with Gasteiger partial charge in [0.05, 0.1) is 18.1 Å².